The van der Waals surface area contributed by atoms with Crippen molar-refractivity contribution in [2.24, 2.45) is 0 Å². The van der Waals surface area contributed by atoms with Crippen molar-refractivity contribution in [1.82, 2.24) is 5.32 Å². The van der Waals surface area contributed by atoms with Crippen LogP contribution >= 0.6 is 24.0 Å². The van der Waals surface area contributed by atoms with Crippen LogP contribution in [0.15, 0.2) is 16.3 Å². The topological polar surface area (TPSA) is 29.1 Å². The van der Waals surface area contributed by atoms with Crippen LogP contribution in [0.5, 0.6) is 0 Å². The standard InChI is InChI=1S/C9H11NOS2/c1-9(2-3-9)10-8(11)7-4-6(12)5-13-7/h4-5,12H,2-3H2,1H3,(H,10,11). The lowest BCUT2D eigenvalue weighted by Crippen LogP contribution is -2.33. The molecule has 13 heavy (non-hydrogen) atoms. The Bertz CT molecular complexity index is 341. The number of nitrogens with one attached hydrogen (secondary N) is 1. The molecule has 0 saturated heterocycles. The predicted octanol–water partition coefficient (Wildman–Crippen LogP) is 2.32. The summed E-state index contributed by atoms with van der Waals surface area (Å²) in [6, 6.07) is 1.80. The molecule has 1 N–H and O–H groups in total. The highest BCUT2D eigenvalue weighted by Crippen LogP contribution is 2.34. The van der Waals surface area contributed by atoms with Crippen molar-refractivity contribution in [2.75, 3.05) is 0 Å². The number of thiol groups is 1. The summed E-state index contributed by atoms with van der Waals surface area (Å²) in [5.74, 6) is 0.0327. The highest BCUT2D eigenvalue weighted by atomic mass is 32.1. The molecular weight excluding hydrogens is 202 g/mol. The average Bonchev–Trinajstić information content (AvgIpc) is 2.62. The van der Waals surface area contributed by atoms with Crippen LogP contribution in [0.2, 0.25) is 0 Å². The van der Waals surface area contributed by atoms with E-state index >= 15 is 0 Å². The third-order valence-electron chi connectivity index (χ3n) is 2.22. The molecule has 1 amide bonds. The SMILES string of the molecule is CC1(NC(=O)c2cc(S)cs2)CC1. The second kappa shape index (κ2) is 3.03. The van der Waals surface area contributed by atoms with Crippen LogP contribution < -0.4 is 5.32 Å². The van der Waals surface area contributed by atoms with Gasteiger partial charge in [-0.05, 0) is 25.8 Å². The van der Waals surface area contributed by atoms with E-state index in [1.54, 1.807) is 6.07 Å². The Hall–Kier alpha value is -0.480. The van der Waals surface area contributed by atoms with Crippen molar-refractivity contribution < 1.29 is 4.79 Å². The molecule has 0 radical (unpaired) electrons. The van der Waals surface area contributed by atoms with Gasteiger partial charge in [-0.15, -0.1) is 24.0 Å². The van der Waals surface area contributed by atoms with Crippen molar-refractivity contribution in [3.05, 3.63) is 16.3 Å². The maximum absolute atomic E-state index is 11.6. The predicted molar refractivity (Wildman–Crippen MR) is 56.7 cm³/mol. The summed E-state index contributed by atoms with van der Waals surface area (Å²) in [7, 11) is 0. The van der Waals surface area contributed by atoms with Gasteiger partial charge in [0.1, 0.15) is 0 Å². The van der Waals surface area contributed by atoms with Crippen LogP contribution in [0.4, 0.5) is 0 Å². The molecule has 0 atom stereocenters. The Morgan fingerprint density at radius 1 is 1.69 bits per heavy atom. The Labute approximate surface area is 86.8 Å². The molecule has 0 unspecified atom stereocenters. The lowest BCUT2D eigenvalue weighted by Gasteiger charge is -2.09. The lowest BCUT2D eigenvalue weighted by atomic mass is 10.3. The molecule has 0 bridgehead atoms. The minimum atomic E-state index is 0.0327. The molecule has 0 spiro atoms. The van der Waals surface area contributed by atoms with Crippen molar-refractivity contribution in [2.45, 2.75) is 30.2 Å². The van der Waals surface area contributed by atoms with Gasteiger partial charge in [0.2, 0.25) is 0 Å². The normalized spacial score (nSPS) is 18.3. The second-order valence-electron chi connectivity index (χ2n) is 3.68. The minimum Gasteiger partial charge on any atom is -0.346 e. The zero-order valence-electron chi connectivity index (χ0n) is 7.33. The van der Waals surface area contributed by atoms with E-state index in [1.165, 1.54) is 11.3 Å². The Balaban J connectivity index is 2.05. The van der Waals surface area contributed by atoms with Crippen LogP contribution in [0, 0.1) is 0 Å². The Morgan fingerprint density at radius 2 is 2.38 bits per heavy atom. The monoisotopic (exact) mass is 213 g/mol. The van der Waals surface area contributed by atoms with Crippen molar-refractivity contribution in [3.8, 4) is 0 Å². The van der Waals surface area contributed by atoms with Crippen molar-refractivity contribution >= 4 is 29.9 Å². The quantitative estimate of drug-likeness (QED) is 0.725. The molecule has 0 aliphatic heterocycles. The summed E-state index contributed by atoms with van der Waals surface area (Å²) in [5, 5.41) is 4.87. The highest BCUT2D eigenvalue weighted by Gasteiger charge is 2.38. The molecule has 1 aliphatic carbocycles. The van der Waals surface area contributed by atoms with Gasteiger partial charge in [0, 0.05) is 15.8 Å². The number of carbonyl (C=O) groups is 1. The van der Waals surface area contributed by atoms with Crippen molar-refractivity contribution in [1.29, 1.82) is 0 Å². The van der Waals surface area contributed by atoms with E-state index in [9.17, 15) is 4.79 Å². The minimum absolute atomic E-state index is 0.0327. The summed E-state index contributed by atoms with van der Waals surface area (Å²) in [4.78, 5) is 13.2. The number of hydrogen-bond donors (Lipinski definition) is 2. The lowest BCUT2D eigenvalue weighted by molar-refractivity contribution is 0.0939. The number of thiophene rings is 1. The van der Waals surface area contributed by atoms with Crippen molar-refractivity contribution in [3.63, 3.8) is 0 Å². The van der Waals surface area contributed by atoms with E-state index in [0.29, 0.717) is 0 Å². The average molecular weight is 213 g/mol. The van der Waals surface area contributed by atoms with Gasteiger partial charge in [-0.3, -0.25) is 4.79 Å². The number of rotatable bonds is 2. The van der Waals surface area contributed by atoms with Crippen LogP contribution in [0.3, 0.4) is 0 Å². The van der Waals surface area contributed by atoms with Gasteiger partial charge >= 0.3 is 0 Å². The molecule has 2 nitrogen and oxygen atoms in total. The van der Waals surface area contributed by atoms with Crippen LogP contribution in [0.1, 0.15) is 29.4 Å². The first kappa shape index (κ1) is 9.09. The molecule has 1 fully saturated rings. The molecule has 70 valence electrons. The molecule has 1 aliphatic rings. The molecule has 1 saturated carbocycles. The summed E-state index contributed by atoms with van der Waals surface area (Å²) in [5.41, 5.74) is 0.0673. The van der Waals surface area contributed by atoms with E-state index < -0.39 is 0 Å². The fraction of sp³-hybridized carbons (Fsp3) is 0.444. The molecule has 4 heteroatoms. The van der Waals surface area contributed by atoms with Gasteiger partial charge in [0.25, 0.3) is 5.91 Å². The van der Waals surface area contributed by atoms with E-state index in [4.69, 9.17) is 0 Å². The third-order valence-corrected chi connectivity index (χ3v) is 3.59. The van der Waals surface area contributed by atoms with Gasteiger partial charge in [0.15, 0.2) is 0 Å². The highest BCUT2D eigenvalue weighted by molar-refractivity contribution is 7.80. The van der Waals surface area contributed by atoms with E-state index in [0.717, 1.165) is 22.6 Å². The second-order valence-corrected chi connectivity index (χ2v) is 5.11. The summed E-state index contributed by atoms with van der Waals surface area (Å²) in [6.07, 6.45) is 2.19. The molecular formula is C9H11NOS2. The largest absolute Gasteiger partial charge is 0.346 e. The number of hydrogen-bond acceptors (Lipinski definition) is 3. The third kappa shape index (κ3) is 2.06. The van der Waals surface area contributed by atoms with Crippen LogP contribution in [0.25, 0.3) is 0 Å². The smallest absolute Gasteiger partial charge is 0.261 e. The number of amides is 1. The molecule has 1 aromatic heterocycles. The van der Waals surface area contributed by atoms with Crippen LogP contribution in [-0.4, -0.2) is 11.4 Å². The van der Waals surface area contributed by atoms with Gasteiger partial charge in [-0.1, -0.05) is 0 Å². The zero-order valence-corrected chi connectivity index (χ0v) is 9.04. The first-order valence-corrected chi connectivity index (χ1v) is 5.52. The fourth-order valence-corrected chi connectivity index (χ4v) is 2.14. The first-order valence-electron chi connectivity index (χ1n) is 4.19. The van der Waals surface area contributed by atoms with Gasteiger partial charge < -0.3 is 5.32 Å². The van der Waals surface area contributed by atoms with Gasteiger partial charge in [-0.25, -0.2) is 0 Å². The first-order chi connectivity index (χ1) is 6.09. The van der Waals surface area contributed by atoms with Gasteiger partial charge in [-0.2, -0.15) is 0 Å². The maximum atomic E-state index is 11.6. The molecule has 2 rings (SSSR count). The fourth-order valence-electron chi connectivity index (χ4n) is 1.09. The zero-order chi connectivity index (χ0) is 9.47. The van der Waals surface area contributed by atoms with Gasteiger partial charge in [0.05, 0.1) is 4.88 Å². The Kier molecular flexibility index (Phi) is 2.12. The summed E-state index contributed by atoms with van der Waals surface area (Å²) in [6.45, 7) is 2.07. The Morgan fingerprint density at radius 3 is 2.85 bits per heavy atom. The maximum Gasteiger partial charge on any atom is 0.261 e. The van der Waals surface area contributed by atoms with E-state index in [1.807, 2.05) is 5.38 Å². The molecule has 0 aromatic carbocycles. The molecule has 1 aromatic rings. The van der Waals surface area contributed by atoms with Crippen LogP contribution in [-0.2, 0) is 0 Å². The number of carbonyl (C=O) groups excluding carboxylic acids is 1. The summed E-state index contributed by atoms with van der Waals surface area (Å²) >= 11 is 5.59. The van der Waals surface area contributed by atoms with E-state index in [-0.39, 0.29) is 11.4 Å². The van der Waals surface area contributed by atoms with E-state index in [2.05, 4.69) is 24.9 Å². The summed E-state index contributed by atoms with van der Waals surface area (Å²) < 4.78 is 0. The molecule has 1 heterocycles.